The van der Waals surface area contributed by atoms with Gasteiger partial charge < -0.3 is 25.7 Å². The van der Waals surface area contributed by atoms with E-state index in [9.17, 15) is 29.0 Å². The van der Waals surface area contributed by atoms with Crippen LogP contribution in [0.5, 0.6) is 0 Å². The zero-order valence-corrected chi connectivity index (χ0v) is 15.7. The van der Waals surface area contributed by atoms with Crippen LogP contribution in [0.3, 0.4) is 0 Å². The Bertz CT molecular complexity index is 797. The highest BCUT2D eigenvalue weighted by molar-refractivity contribution is 6.31. The van der Waals surface area contributed by atoms with Crippen molar-refractivity contribution < 1.29 is 29.0 Å². The summed E-state index contributed by atoms with van der Waals surface area (Å²) in [6.07, 6.45) is -2.33. The Morgan fingerprint density at radius 3 is 2.46 bits per heavy atom. The molecule has 2 fully saturated rings. The van der Waals surface area contributed by atoms with Crippen molar-refractivity contribution in [3.05, 3.63) is 29.0 Å². The minimum absolute atomic E-state index is 0.0162. The minimum Gasteiger partial charge on any atom is -0.380 e. The number of benzene rings is 1. The van der Waals surface area contributed by atoms with Crippen LogP contribution in [0.2, 0.25) is 5.02 Å². The first kappa shape index (κ1) is 20.5. The van der Waals surface area contributed by atoms with Gasteiger partial charge in [-0.05, 0) is 37.5 Å². The van der Waals surface area contributed by atoms with Crippen LogP contribution in [-0.4, -0.2) is 64.7 Å². The van der Waals surface area contributed by atoms with Gasteiger partial charge in [0.15, 0.2) is 12.2 Å². The maximum Gasteiger partial charge on any atom is 0.256 e. The van der Waals surface area contributed by atoms with Gasteiger partial charge in [0.25, 0.3) is 11.8 Å². The van der Waals surface area contributed by atoms with Crippen molar-refractivity contribution in [2.45, 2.75) is 31.5 Å². The van der Waals surface area contributed by atoms with Crippen LogP contribution in [0.1, 0.15) is 19.3 Å². The fourth-order valence-corrected chi connectivity index (χ4v) is 3.78. The number of carbonyl (C=O) groups is 3. The lowest BCUT2D eigenvalue weighted by Crippen LogP contribution is -2.53. The zero-order valence-electron chi connectivity index (χ0n) is 15.0. The summed E-state index contributed by atoms with van der Waals surface area (Å²) < 4.78 is 13.2. The summed E-state index contributed by atoms with van der Waals surface area (Å²) in [6, 6.07) is 3.41. The van der Waals surface area contributed by atoms with Gasteiger partial charge >= 0.3 is 0 Å². The second-order valence-corrected chi connectivity index (χ2v) is 7.53. The third kappa shape index (κ3) is 3.96. The third-order valence-corrected chi connectivity index (χ3v) is 5.70. The Morgan fingerprint density at radius 2 is 1.89 bits per heavy atom. The minimum atomic E-state index is -2.01. The summed E-state index contributed by atoms with van der Waals surface area (Å²) in [4.78, 5) is 37.9. The number of piperidine rings is 1. The van der Waals surface area contributed by atoms with Gasteiger partial charge in [-0.3, -0.25) is 14.4 Å². The third-order valence-electron chi connectivity index (χ3n) is 5.41. The van der Waals surface area contributed by atoms with Gasteiger partial charge in [0.05, 0.1) is 10.4 Å². The van der Waals surface area contributed by atoms with E-state index in [1.165, 1.54) is 11.0 Å². The average Bonchev–Trinajstić information content (AvgIpc) is 3.03. The molecule has 0 saturated carbocycles. The number of nitrogens with one attached hydrogen (secondary N) is 2. The highest BCUT2D eigenvalue weighted by atomic mass is 35.5. The predicted molar refractivity (Wildman–Crippen MR) is 97.9 cm³/mol. The maximum absolute atomic E-state index is 13.2. The standard InChI is InChI=1S/C18H21ClFN3O5/c19-11-9-10(1-2-12(11)20)22-15(26)13(24)14(25)16(27)23-7-4-18(5-8-23)3-6-21-17(18)28/h1-2,9,13-14,24-25H,3-8H2,(H,21,28)(H,22,26)/t13-,14-/m0/s1. The number of hydrogen-bond donors (Lipinski definition) is 4. The number of halogens is 2. The molecule has 2 aliphatic heterocycles. The highest BCUT2D eigenvalue weighted by Gasteiger charge is 2.46. The molecule has 0 unspecified atom stereocenters. The molecule has 152 valence electrons. The monoisotopic (exact) mass is 413 g/mol. The largest absolute Gasteiger partial charge is 0.380 e. The number of carbonyl (C=O) groups excluding carboxylic acids is 3. The van der Waals surface area contributed by atoms with E-state index in [0.29, 0.717) is 25.8 Å². The van der Waals surface area contributed by atoms with E-state index < -0.39 is 35.3 Å². The first-order valence-electron chi connectivity index (χ1n) is 8.93. The van der Waals surface area contributed by atoms with Crippen LogP contribution in [0.4, 0.5) is 10.1 Å². The van der Waals surface area contributed by atoms with Crippen molar-refractivity contribution in [1.29, 1.82) is 0 Å². The lowest BCUT2D eigenvalue weighted by atomic mass is 9.77. The van der Waals surface area contributed by atoms with Crippen molar-refractivity contribution >= 4 is 35.0 Å². The van der Waals surface area contributed by atoms with E-state index in [-0.39, 0.29) is 29.7 Å². The van der Waals surface area contributed by atoms with E-state index in [4.69, 9.17) is 11.6 Å². The Labute approximate surface area is 165 Å². The number of hydrogen-bond acceptors (Lipinski definition) is 5. The quantitative estimate of drug-likeness (QED) is 0.565. The van der Waals surface area contributed by atoms with Crippen molar-refractivity contribution in [1.82, 2.24) is 10.2 Å². The second kappa shape index (κ2) is 8.02. The van der Waals surface area contributed by atoms with E-state index in [1.54, 1.807) is 0 Å². The SMILES string of the molecule is O=C(Nc1ccc(F)c(Cl)c1)[C@@H](O)[C@H](O)C(=O)N1CCC2(CCNC2=O)CC1. The lowest BCUT2D eigenvalue weighted by molar-refractivity contribution is -0.154. The molecule has 0 radical (unpaired) electrons. The van der Waals surface area contributed by atoms with Crippen LogP contribution in [0, 0.1) is 11.2 Å². The molecule has 3 rings (SSSR count). The molecular formula is C18H21ClFN3O5. The van der Waals surface area contributed by atoms with E-state index >= 15 is 0 Å². The molecule has 2 saturated heterocycles. The molecule has 4 N–H and O–H groups in total. The smallest absolute Gasteiger partial charge is 0.256 e. The van der Waals surface area contributed by atoms with Gasteiger partial charge in [0.1, 0.15) is 5.82 Å². The number of amides is 3. The molecule has 28 heavy (non-hydrogen) atoms. The van der Waals surface area contributed by atoms with Crippen LogP contribution < -0.4 is 10.6 Å². The maximum atomic E-state index is 13.2. The van der Waals surface area contributed by atoms with Crippen molar-refractivity contribution in [2.75, 3.05) is 25.0 Å². The van der Waals surface area contributed by atoms with Gasteiger partial charge in [-0.25, -0.2) is 4.39 Å². The molecule has 0 aliphatic carbocycles. The normalized spacial score (nSPS) is 20.6. The number of nitrogens with zero attached hydrogens (tertiary/aromatic N) is 1. The Morgan fingerprint density at radius 1 is 1.21 bits per heavy atom. The fourth-order valence-electron chi connectivity index (χ4n) is 3.60. The molecule has 10 heteroatoms. The fraction of sp³-hybridized carbons (Fsp3) is 0.500. The van der Waals surface area contributed by atoms with Gasteiger partial charge in [-0.2, -0.15) is 0 Å². The molecule has 0 bridgehead atoms. The predicted octanol–water partition coefficient (Wildman–Crippen LogP) is 0.268. The number of rotatable bonds is 4. The van der Waals surface area contributed by atoms with Crippen LogP contribution in [0.25, 0.3) is 0 Å². The van der Waals surface area contributed by atoms with Gasteiger partial charge in [0.2, 0.25) is 5.91 Å². The molecule has 1 aromatic rings. The first-order valence-corrected chi connectivity index (χ1v) is 9.30. The first-order chi connectivity index (χ1) is 13.2. The molecule has 0 aromatic heterocycles. The molecule has 3 amide bonds. The van der Waals surface area contributed by atoms with Gasteiger partial charge in [-0.1, -0.05) is 11.6 Å². The van der Waals surface area contributed by atoms with Crippen LogP contribution in [-0.2, 0) is 14.4 Å². The molecule has 2 heterocycles. The Kier molecular flexibility index (Phi) is 5.87. The van der Waals surface area contributed by atoms with E-state index in [1.807, 2.05) is 0 Å². The molecule has 8 nitrogen and oxygen atoms in total. The highest BCUT2D eigenvalue weighted by Crippen LogP contribution is 2.38. The molecule has 1 aromatic carbocycles. The van der Waals surface area contributed by atoms with Gasteiger partial charge in [0, 0.05) is 25.3 Å². The lowest BCUT2D eigenvalue weighted by Gasteiger charge is -2.38. The van der Waals surface area contributed by atoms with Crippen molar-refractivity contribution in [2.24, 2.45) is 5.41 Å². The number of aliphatic hydroxyl groups is 2. The second-order valence-electron chi connectivity index (χ2n) is 7.12. The molecule has 2 aliphatic rings. The summed E-state index contributed by atoms with van der Waals surface area (Å²) in [7, 11) is 0. The van der Waals surface area contributed by atoms with E-state index in [0.717, 1.165) is 12.1 Å². The summed E-state index contributed by atoms with van der Waals surface area (Å²) >= 11 is 5.63. The van der Waals surface area contributed by atoms with Gasteiger partial charge in [-0.15, -0.1) is 0 Å². The van der Waals surface area contributed by atoms with Crippen LogP contribution >= 0.6 is 11.6 Å². The molecular weight excluding hydrogens is 393 g/mol. The van der Waals surface area contributed by atoms with Crippen LogP contribution in [0.15, 0.2) is 18.2 Å². The topological polar surface area (TPSA) is 119 Å². The molecule has 1 spiro atoms. The Balaban J connectivity index is 1.57. The Hall–Kier alpha value is -2.23. The number of anilines is 1. The summed E-state index contributed by atoms with van der Waals surface area (Å²) in [5.41, 5.74) is -0.359. The van der Waals surface area contributed by atoms with Crippen molar-refractivity contribution in [3.63, 3.8) is 0 Å². The molecule has 2 atom stereocenters. The number of likely N-dealkylation sites (tertiary alicyclic amines) is 1. The number of aliphatic hydroxyl groups excluding tert-OH is 2. The summed E-state index contributed by atoms with van der Waals surface area (Å²) in [5.74, 6) is -2.49. The summed E-state index contributed by atoms with van der Waals surface area (Å²) in [5, 5.41) is 25.0. The van der Waals surface area contributed by atoms with Crippen molar-refractivity contribution in [3.8, 4) is 0 Å². The van der Waals surface area contributed by atoms with E-state index in [2.05, 4.69) is 10.6 Å². The zero-order chi connectivity index (χ0) is 20.5. The average molecular weight is 414 g/mol. The summed E-state index contributed by atoms with van der Waals surface area (Å²) in [6.45, 7) is 1.12.